The van der Waals surface area contributed by atoms with Gasteiger partial charge in [0.25, 0.3) is 0 Å². The van der Waals surface area contributed by atoms with Crippen LogP contribution in [0.2, 0.25) is 0 Å². The maximum absolute atomic E-state index is 5.64. The van der Waals surface area contributed by atoms with Gasteiger partial charge in [-0.2, -0.15) is 0 Å². The quantitative estimate of drug-likeness (QED) is 0.545. The molecule has 3 aromatic rings. The second kappa shape index (κ2) is 5.48. The van der Waals surface area contributed by atoms with Crippen molar-refractivity contribution in [2.75, 3.05) is 0 Å². The van der Waals surface area contributed by atoms with Crippen molar-refractivity contribution in [2.45, 2.75) is 18.9 Å². The molecular formula is C13H15N5S. The molecule has 98 valence electrons. The van der Waals surface area contributed by atoms with Gasteiger partial charge in [-0.15, -0.1) is 11.3 Å². The number of nitrogens with zero attached hydrogens (tertiary/aromatic N) is 3. The van der Waals surface area contributed by atoms with E-state index in [-0.39, 0.29) is 6.04 Å². The third kappa shape index (κ3) is 2.81. The number of fused-ring (bicyclic) bond motifs is 1. The molecule has 0 aromatic carbocycles. The molecule has 3 N–H and O–H groups in total. The highest BCUT2D eigenvalue weighted by molar-refractivity contribution is 7.15. The van der Waals surface area contributed by atoms with Gasteiger partial charge < -0.3 is 0 Å². The molecule has 0 radical (unpaired) electrons. The summed E-state index contributed by atoms with van der Waals surface area (Å²) in [5, 5.41) is 2.03. The number of aromatic nitrogens is 3. The van der Waals surface area contributed by atoms with E-state index in [4.69, 9.17) is 5.84 Å². The first-order chi connectivity index (χ1) is 9.35. The number of hydrazine groups is 1. The van der Waals surface area contributed by atoms with Crippen molar-refractivity contribution in [3.63, 3.8) is 0 Å². The van der Waals surface area contributed by atoms with Crippen LogP contribution in [0.1, 0.15) is 11.3 Å². The highest BCUT2D eigenvalue weighted by Gasteiger charge is 2.12. The van der Waals surface area contributed by atoms with E-state index in [1.165, 1.54) is 5.56 Å². The van der Waals surface area contributed by atoms with Gasteiger partial charge >= 0.3 is 0 Å². The Hall–Kier alpha value is -1.76. The third-order valence-corrected chi connectivity index (χ3v) is 3.81. The Morgan fingerprint density at radius 2 is 2.37 bits per heavy atom. The fourth-order valence-electron chi connectivity index (χ4n) is 2.12. The van der Waals surface area contributed by atoms with Gasteiger partial charge in [0.05, 0.1) is 5.69 Å². The minimum absolute atomic E-state index is 0.161. The maximum atomic E-state index is 5.64. The van der Waals surface area contributed by atoms with Crippen LogP contribution in [-0.4, -0.2) is 20.4 Å². The summed E-state index contributed by atoms with van der Waals surface area (Å²) in [4.78, 5) is 9.71. The number of rotatable bonds is 5. The molecule has 0 bridgehead atoms. The zero-order chi connectivity index (χ0) is 13.1. The lowest BCUT2D eigenvalue weighted by atomic mass is 10.0. The van der Waals surface area contributed by atoms with Gasteiger partial charge in [-0.3, -0.25) is 20.7 Å². The number of nitrogens with two attached hydrogens (primary N) is 1. The van der Waals surface area contributed by atoms with Crippen molar-refractivity contribution < 1.29 is 0 Å². The van der Waals surface area contributed by atoms with Gasteiger partial charge in [0.15, 0.2) is 4.96 Å². The normalized spacial score (nSPS) is 12.9. The van der Waals surface area contributed by atoms with Crippen molar-refractivity contribution >= 4 is 16.3 Å². The van der Waals surface area contributed by atoms with Crippen LogP contribution in [-0.2, 0) is 12.8 Å². The lowest BCUT2D eigenvalue weighted by molar-refractivity contribution is 0.518. The minimum Gasteiger partial charge on any atom is -0.297 e. The molecule has 0 fully saturated rings. The molecule has 5 nitrogen and oxygen atoms in total. The van der Waals surface area contributed by atoms with Crippen LogP contribution in [0, 0.1) is 0 Å². The molecule has 3 aromatic heterocycles. The Morgan fingerprint density at radius 3 is 3.11 bits per heavy atom. The summed E-state index contributed by atoms with van der Waals surface area (Å²) in [6.45, 7) is 0. The summed E-state index contributed by atoms with van der Waals surface area (Å²) in [5.74, 6) is 5.64. The second-order valence-corrected chi connectivity index (χ2v) is 5.33. The summed E-state index contributed by atoms with van der Waals surface area (Å²) in [5.41, 5.74) is 5.09. The molecule has 3 rings (SSSR count). The highest BCUT2D eigenvalue weighted by atomic mass is 32.1. The second-order valence-electron chi connectivity index (χ2n) is 4.46. The number of hydrogen-bond donors (Lipinski definition) is 2. The van der Waals surface area contributed by atoms with E-state index in [0.717, 1.165) is 23.5 Å². The Bertz CT molecular complexity index is 617. The predicted octanol–water partition coefficient (Wildman–Crippen LogP) is 1.41. The average Bonchev–Trinajstić information content (AvgIpc) is 3.00. The average molecular weight is 273 g/mol. The fraction of sp³-hybridized carbons (Fsp3) is 0.231. The van der Waals surface area contributed by atoms with Crippen LogP contribution in [0.3, 0.4) is 0 Å². The molecule has 6 heteroatoms. The Morgan fingerprint density at radius 1 is 1.42 bits per heavy atom. The fourth-order valence-corrected chi connectivity index (χ4v) is 2.84. The molecular weight excluding hydrogens is 258 g/mol. The van der Waals surface area contributed by atoms with Gasteiger partial charge in [0, 0.05) is 42.6 Å². The topological polar surface area (TPSA) is 68.2 Å². The molecule has 0 aliphatic heterocycles. The zero-order valence-electron chi connectivity index (χ0n) is 10.4. The lowest BCUT2D eigenvalue weighted by Crippen LogP contribution is -2.38. The summed E-state index contributed by atoms with van der Waals surface area (Å²) in [6.07, 6.45) is 9.37. The van der Waals surface area contributed by atoms with Crippen molar-refractivity contribution in [1.82, 2.24) is 19.8 Å². The first-order valence-corrected chi connectivity index (χ1v) is 6.99. The smallest absolute Gasteiger partial charge is 0.193 e. The number of hydrogen-bond acceptors (Lipinski definition) is 5. The van der Waals surface area contributed by atoms with Gasteiger partial charge in [-0.1, -0.05) is 6.07 Å². The van der Waals surface area contributed by atoms with E-state index in [9.17, 15) is 0 Å². The van der Waals surface area contributed by atoms with Crippen molar-refractivity contribution in [3.8, 4) is 0 Å². The van der Waals surface area contributed by atoms with E-state index >= 15 is 0 Å². The lowest BCUT2D eigenvalue weighted by Gasteiger charge is -2.14. The first kappa shape index (κ1) is 12.3. The number of nitrogens with one attached hydrogen (secondary N) is 1. The van der Waals surface area contributed by atoms with Crippen LogP contribution in [0.25, 0.3) is 4.96 Å². The van der Waals surface area contributed by atoms with Crippen molar-refractivity contribution in [2.24, 2.45) is 5.84 Å². The molecule has 0 aliphatic carbocycles. The van der Waals surface area contributed by atoms with Gasteiger partial charge in [0.2, 0.25) is 0 Å². The van der Waals surface area contributed by atoms with Crippen molar-refractivity contribution in [1.29, 1.82) is 0 Å². The van der Waals surface area contributed by atoms with E-state index in [1.807, 2.05) is 28.2 Å². The van der Waals surface area contributed by atoms with Gasteiger partial charge in [-0.25, -0.2) is 4.98 Å². The zero-order valence-corrected chi connectivity index (χ0v) is 11.2. The summed E-state index contributed by atoms with van der Waals surface area (Å²) < 4.78 is 2.04. The first-order valence-electron chi connectivity index (χ1n) is 6.11. The molecule has 0 saturated heterocycles. The molecule has 19 heavy (non-hydrogen) atoms. The minimum atomic E-state index is 0.161. The van der Waals surface area contributed by atoms with Gasteiger partial charge in [0.1, 0.15) is 0 Å². The molecule has 1 atom stereocenters. The van der Waals surface area contributed by atoms with E-state index in [1.54, 1.807) is 17.5 Å². The molecule has 0 saturated carbocycles. The molecule has 0 spiro atoms. The number of thiazole rings is 1. The van der Waals surface area contributed by atoms with Gasteiger partial charge in [-0.05, 0) is 18.1 Å². The number of pyridine rings is 1. The Balaban J connectivity index is 1.71. The molecule has 0 amide bonds. The Labute approximate surface area is 115 Å². The van der Waals surface area contributed by atoms with Crippen LogP contribution < -0.4 is 11.3 Å². The third-order valence-electron chi connectivity index (χ3n) is 3.04. The van der Waals surface area contributed by atoms with Crippen molar-refractivity contribution in [3.05, 3.63) is 53.6 Å². The summed E-state index contributed by atoms with van der Waals surface area (Å²) in [6, 6.07) is 4.16. The Kier molecular flexibility index (Phi) is 3.54. The maximum Gasteiger partial charge on any atom is 0.193 e. The predicted molar refractivity (Wildman–Crippen MR) is 75.8 cm³/mol. The number of imidazole rings is 1. The summed E-state index contributed by atoms with van der Waals surface area (Å²) >= 11 is 1.64. The van der Waals surface area contributed by atoms with Crippen LogP contribution in [0.15, 0.2) is 42.3 Å². The van der Waals surface area contributed by atoms with E-state index in [0.29, 0.717) is 0 Å². The van der Waals surface area contributed by atoms with Crippen LogP contribution in [0.4, 0.5) is 0 Å². The monoisotopic (exact) mass is 273 g/mol. The molecule has 0 aliphatic rings. The van der Waals surface area contributed by atoms with Crippen LogP contribution in [0.5, 0.6) is 0 Å². The standard InChI is InChI=1S/C13H15N5S/c14-17-11(6-10-2-1-3-15-8-10)7-12-9-18-4-5-19-13(18)16-12/h1-5,8-9,11,17H,6-7,14H2. The molecule has 3 heterocycles. The van der Waals surface area contributed by atoms with E-state index in [2.05, 4.69) is 27.7 Å². The van der Waals surface area contributed by atoms with Crippen LogP contribution >= 0.6 is 11.3 Å². The highest BCUT2D eigenvalue weighted by Crippen LogP contribution is 2.13. The van der Waals surface area contributed by atoms with E-state index < -0.39 is 0 Å². The SMILES string of the molecule is NNC(Cc1cccnc1)Cc1cn2ccsc2n1. The summed E-state index contributed by atoms with van der Waals surface area (Å²) in [7, 11) is 0. The largest absolute Gasteiger partial charge is 0.297 e. The molecule has 1 unspecified atom stereocenters.